The molecular weight excluding hydrogens is 182 g/mol. The predicted molar refractivity (Wildman–Crippen MR) is 51.5 cm³/mol. The average molecular weight is 199 g/mol. The Kier molecular flexibility index (Phi) is 3.26. The van der Waals surface area contributed by atoms with E-state index in [-0.39, 0.29) is 29.8 Å². The van der Waals surface area contributed by atoms with Crippen LogP contribution in [0.4, 0.5) is 0 Å². The van der Waals surface area contributed by atoms with Gasteiger partial charge in [-0.3, -0.25) is 14.9 Å². The minimum absolute atomic E-state index is 0.0436. The highest BCUT2D eigenvalue weighted by molar-refractivity contribution is 6.06. The van der Waals surface area contributed by atoms with Gasteiger partial charge in [-0.25, -0.2) is 0 Å². The van der Waals surface area contributed by atoms with E-state index in [4.69, 9.17) is 4.74 Å². The van der Waals surface area contributed by atoms with Crippen molar-refractivity contribution in [3.05, 3.63) is 0 Å². The highest BCUT2D eigenvalue weighted by atomic mass is 16.5. The first-order chi connectivity index (χ1) is 6.43. The second kappa shape index (κ2) is 4.09. The summed E-state index contributed by atoms with van der Waals surface area (Å²) in [7, 11) is 0. The SMILES string of the molecule is CC(C)OC1C(=O)NC(=O)C1C(C)C. The van der Waals surface area contributed by atoms with Gasteiger partial charge in [-0.1, -0.05) is 13.8 Å². The number of carbonyl (C=O) groups is 2. The summed E-state index contributed by atoms with van der Waals surface area (Å²) >= 11 is 0. The van der Waals surface area contributed by atoms with Gasteiger partial charge in [-0.2, -0.15) is 0 Å². The van der Waals surface area contributed by atoms with E-state index in [0.29, 0.717) is 0 Å². The second-order valence-electron chi connectivity index (χ2n) is 4.23. The molecule has 14 heavy (non-hydrogen) atoms. The second-order valence-corrected chi connectivity index (χ2v) is 4.23. The molecule has 0 aliphatic carbocycles. The van der Waals surface area contributed by atoms with E-state index >= 15 is 0 Å². The van der Waals surface area contributed by atoms with Gasteiger partial charge in [0.2, 0.25) is 5.91 Å². The van der Waals surface area contributed by atoms with Gasteiger partial charge < -0.3 is 4.74 Å². The standard InChI is InChI=1S/C10H17NO3/c1-5(2)7-8(14-6(3)4)10(13)11-9(7)12/h5-8H,1-4H3,(H,11,12,13). The normalized spacial score (nSPS) is 27.6. The predicted octanol–water partition coefficient (Wildman–Crippen LogP) is 0.709. The molecular formula is C10H17NO3. The number of nitrogens with one attached hydrogen (secondary N) is 1. The molecule has 2 unspecified atom stereocenters. The van der Waals surface area contributed by atoms with Gasteiger partial charge in [0.25, 0.3) is 5.91 Å². The number of imide groups is 1. The third-order valence-corrected chi connectivity index (χ3v) is 2.27. The van der Waals surface area contributed by atoms with Crippen molar-refractivity contribution in [3.8, 4) is 0 Å². The lowest BCUT2D eigenvalue weighted by molar-refractivity contribution is -0.134. The number of ether oxygens (including phenoxy) is 1. The van der Waals surface area contributed by atoms with Crippen LogP contribution in [0.1, 0.15) is 27.7 Å². The molecule has 0 spiro atoms. The Labute approximate surface area is 84.0 Å². The zero-order chi connectivity index (χ0) is 10.9. The van der Waals surface area contributed by atoms with Crippen LogP contribution in [0.25, 0.3) is 0 Å². The van der Waals surface area contributed by atoms with Crippen LogP contribution in [0.2, 0.25) is 0 Å². The van der Waals surface area contributed by atoms with Crippen LogP contribution in [0.5, 0.6) is 0 Å². The smallest absolute Gasteiger partial charge is 0.256 e. The van der Waals surface area contributed by atoms with Gasteiger partial charge in [0.05, 0.1) is 12.0 Å². The number of hydrogen-bond acceptors (Lipinski definition) is 3. The molecule has 1 rings (SSSR count). The third-order valence-electron chi connectivity index (χ3n) is 2.27. The highest BCUT2D eigenvalue weighted by Crippen LogP contribution is 2.24. The molecule has 1 N–H and O–H groups in total. The van der Waals surface area contributed by atoms with Crippen molar-refractivity contribution in [2.45, 2.75) is 39.9 Å². The zero-order valence-electron chi connectivity index (χ0n) is 9.03. The molecule has 0 aromatic rings. The van der Waals surface area contributed by atoms with Crippen LogP contribution in [0.15, 0.2) is 0 Å². The van der Waals surface area contributed by atoms with Gasteiger partial charge in [-0.05, 0) is 19.8 Å². The lowest BCUT2D eigenvalue weighted by Gasteiger charge is -2.20. The summed E-state index contributed by atoms with van der Waals surface area (Å²) in [5.41, 5.74) is 0. The fourth-order valence-electron chi connectivity index (χ4n) is 1.67. The summed E-state index contributed by atoms with van der Waals surface area (Å²) in [4.78, 5) is 22.8. The molecule has 0 aromatic carbocycles. The summed E-state index contributed by atoms with van der Waals surface area (Å²) in [5.74, 6) is -0.742. The van der Waals surface area contributed by atoms with E-state index in [1.54, 1.807) is 0 Å². The maximum Gasteiger partial charge on any atom is 0.256 e. The Hall–Kier alpha value is -0.900. The van der Waals surface area contributed by atoms with Crippen molar-refractivity contribution < 1.29 is 14.3 Å². The van der Waals surface area contributed by atoms with E-state index in [1.807, 2.05) is 27.7 Å². The molecule has 0 bridgehead atoms. The lowest BCUT2D eigenvalue weighted by atomic mass is 9.92. The average Bonchev–Trinajstić information content (AvgIpc) is 2.25. The molecule has 0 aromatic heterocycles. The summed E-state index contributed by atoms with van der Waals surface area (Å²) in [6.07, 6.45) is -0.652. The third kappa shape index (κ3) is 2.12. The first-order valence-electron chi connectivity index (χ1n) is 4.93. The van der Waals surface area contributed by atoms with E-state index in [2.05, 4.69) is 5.32 Å². The molecule has 0 saturated carbocycles. The Morgan fingerprint density at radius 3 is 2.14 bits per heavy atom. The van der Waals surface area contributed by atoms with Crippen LogP contribution < -0.4 is 5.32 Å². The number of amides is 2. The maximum atomic E-state index is 11.4. The highest BCUT2D eigenvalue weighted by Gasteiger charge is 2.44. The first-order valence-corrected chi connectivity index (χ1v) is 4.93. The summed E-state index contributed by atoms with van der Waals surface area (Å²) in [5, 5.41) is 2.30. The van der Waals surface area contributed by atoms with Crippen molar-refractivity contribution >= 4 is 11.8 Å². The van der Waals surface area contributed by atoms with Crippen LogP contribution in [0.3, 0.4) is 0 Å². The Balaban J connectivity index is 2.78. The molecule has 1 saturated heterocycles. The molecule has 4 heteroatoms. The van der Waals surface area contributed by atoms with Crippen LogP contribution in [-0.4, -0.2) is 24.0 Å². The summed E-state index contributed by atoms with van der Waals surface area (Å²) < 4.78 is 5.43. The number of rotatable bonds is 3. The minimum atomic E-state index is -0.609. The van der Waals surface area contributed by atoms with Crippen LogP contribution >= 0.6 is 0 Å². The molecule has 1 aliphatic rings. The molecule has 80 valence electrons. The van der Waals surface area contributed by atoms with Gasteiger partial charge in [0.1, 0.15) is 6.10 Å². The molecule has 4 nitrogen and oxygen atoms in total. The van der Waals surface area contributed by atoms with Gasteiger partial charge in [0, 0.05) is 0 Å². The van der Waals surface area contributed by atoms with Gasteiger partial charge in [-0.15, -0.1) is 0 Å². The van der Waals surface area contributed by atoms with Crippen molar-refractivity contribution in [2.24, 2.45) is 11.8 Å². The van der Waals surface area contributed by atoms with Crippen molar-refractivity contribution in [1.29, 1.82) is 0 Å². The molecule has 1 heterocycles. The Bertz CT molecular complexity index is 248. The van der Waals surface area contributed by atoms with Crippen molar-refractivity contribution in [1.82, 2.24) is 5.32 Å². The van der Waals surface area contributed by atoms with E-state index in [1.165, 1.54) is 0 Å². The summed E-state index contributed by atoms with van der Waals surface area (Å²) in [6, 6.07) is 0. The monoisotopic (exact) mass is 199 g/mol. The Morgan fingerprint density at radius 2 is 1.71 bits per heavy atom. The quantitative estimate of drug-likeness (QED) is 0.681. The zero-order valence-corrected chi connectivity index (χ0v) is 9.03. The van der Waals surface area contributed by atoms with Crippen molar-refractivity contribution in [3.63, 3.8) is 0 Å². The Morgan fingerprint density at radius 1 is 1.14 bits per heavy atom. The maximum absolute atomic E-state index is 11.4. The molecule has 2 atom stereocenters. The van der Waals surface area contributed by atoms with E-state index in [9.17, 15) is 9.59 Å². The number of hydrogen-bond donors (Lipinski definition) is 1. The minimum Gasteiger partial charge on any atom is -0.365 e. The van der Waals surface area contributed by atoms with E-state index < -0.39 is 6.10 Å². The fraction of sp³-hybridized carbons (Fsp3) is 0.800. The number of carbonyl (C=O) groups excluding carboxylic acids is 2. The van der Waals surface area contributed by atoms with Gasteiger partial charge >= 0.3 is 0 Å². The van der Waals surface area contributed by atoms with Crippen LogP contribution in [0, 0.1) is 11.8 Å². The van der Waals surface area contributed by atoms with Crippen LogP contribution in [-0.2, 0) is 14.3 Å². The molecule has 1 aliphatic heterocycles. The topological polar surface area (TPSA) is 55.4 Å². The largest absolute Gasteiger partial charge is 0.365 e. The van der Waals surface area contributed by atoms with E-state index in [0.717, 1.165) is 0 Å². The van der Waals surface area contributed by atoms with Gasteiger partial charge in [0.15, 0.2) is 0 Å². The molecule has 1 fully saturated rings. The molecule has 2 amide bonds. The molecule has 0 radical (unpaired) electrons. The fourth-order valence-corrected chi connectivity index (χ4v) is 1.67. The first kappa shape index (κ1) is 11.2. The summed E-state index contributed by atoms with van der Waals surface area (Å²) in [6.45, 7) is 7.54. The van der Waals surface area contributed by atoms with Crippen molar-refractivity contribution in [2.75, 3.05) is 0 Å². The lowest BCUT2D eigenvalue weighted by Crippen LogP contribution is -2.33.